The van der Waals surface area contributed by atoms with Gasteiger partial charge >= 0.3 is 0 Å². The zero-order chi connectivity index (χ0) is 12.6. The highest BCUT2D eigenvalue weighted by atomic mass is 16.3. The summed E-state index contributed by atoms with van der Waals surface area (Å²) in [5, 5.41) is 12.6. The maximum absolute atomic E-state index is 9.18. The third-order valence-corrected chi connectivity index (χ3v) is 2.96. The van der Waals surface area contributed by atoms with Gasteiger partial charge in [-0.25, -0.2) is 0 Å². The Morgan fingerprint density at radius 3 is 1.89 bits per heavy atom. The van der Waals surface area contributed by atoms with Crippen molar-refractivity contribution in [1.29, 1.82) is 0 Å². The van der Waals surface area contributed by atoms with Gasteiger partial charge in [0.1, 0.15) is 5.75 Å². The Bertz CT molecular complexity index is 450. The van der Waals surface area contributed by atoms with Crippen LogP contribution in [0.2, 0.25) is 0 Å². The first-order valence-corrected chi connectivity index (χ1v) is 6.37. The van der Waals surface area contributed by atoms with E-state index in [-0.39, 0.29) is 0 Å². The predicted molar refractivity (Wildman–Crippen MR) is 74.8 cm³/mol. The van der Waals surface area contributed by atoms with Crippen molar-refractivity contribution in [3.63, 3.8) is 0 Å². The van der Waals surface area contributed by atoms with Gasteiger partial charge in [0.05, 0.1) is 0 Å². The molecule has 2 nitrogen and oxygen atoms in total. The molecule has 0 atom stereocenters. The summed E-state index contributed by atoms with van der Waals surface area (Å²) in [6, 6.07) is 17.9. The second-order valence-electron chi connectivity index (χ2n) is 4.40. The number of phenolic OH excluding ortho intramolecular Hbond substituents is 1. The van der Waals surface area contributed by atoms with Crippen LogP contribution in [0.5, 0.6) is 5.75 Å². The highest BCUT2D eigenvalue weighted by Gasteiger charge is 1.94. The largest absolute Gasteiger partial charge is 0.508 e. The molecule has 0 aliphatic carbocycles. The number of hydrogen-bond donors (Lipinski definition) is 2. The summed E-state index contributed by atoms with van der Waals surface area (Å²) in [6.45, 7) is 1.97. The number of aromatic hydroxyl groups is 1. The number of benzene rings is 2. The van der Waals surface area contributed by atoms with Crippen LogP contribution >= 0.6 is 0 Å². The lowest BCUT2D eigenvalue weighted by molar-refractivity contribution is 0.475. The van der Waals surface area contributed by atoms with Crippen LogP contribution in [0.4, 0.5) is 0 Å². The quantitative estimate of drug-likeness (QED) is 0.762. The van der Waals surface area contributed by atoms with Gasteiger partial charge in [-0.3, -0.25) is 0 Å². The van der Waals surface area contributed by atoms with Gasteiger partial charge in [0.15, 0.2) is 0 Å². The molecule has 2 aromatic rings. The average molecular weight is 241 g/mol. The molecular weight excluding hydrogens is 222 g/mol. The normalized spacial score (nSPS) is 10.4. The molecule has 0 radical (unpaired) electrons. The van der Waals surface area contributed by atoms with Crippen LogP contribution in [0.15, 0.2) is 54.6 Å². The Kier molecular flexibility index (Phi) is 4.79. The van der Waals surface area contributed by atoms with Crippen molar-refractivity contribution >= 4 is 0 Å². The molecule has 2 N–H and O–H groups in total. The van der Waals surface area contributed by atoms with Crippen LogP contribution in [0.1, 0.15) is 11.1 Å². The van der Waals surface area contributed by atoms with Gasteiger partial charge in [-0.1, -0.05) is 42.5 Å². The Hall–Kier alpha value is -1.80. The fourth-order valence-corrected chi connectivity index (χ4v) is 1.90. The molecule has 0 aliphatic rings. The number of nitrogens with one attached hydrogen (secondary N) is 1. The lowest BCUT2D eigenvalue weighted by Crippen LogP contribution is -2.20. The van der Waals surface area contributed by atoms with E-state index in [1.165, 1.54) is 11.1 Å². The number of phenols is 1. The minimum absolute atomic E-state index is 0.329. The van der Waals surface area contributed by atoms with Crippen molar-refractivity contribution in [1.82, 2.24) is 5.32 Å². The Labute approximate surface area is 108 Å². The molecule has 2 rings (SSSR count). The first-order valence-electron chi connectivity index (χ1n) is 6.37. The second kappa shape index (κ2) is 6.82. The van der Waals surface area contributed by atoms with Crippen LogP contribution in [0.25, 0.3) is 0 Å². The van der Waals surface area contributed by atoms with Crippen molar-refractivity contribution < 1.29 is 5.11 Å². The zero-order valence-electron chi connectivity index (χ0n) is 10.5. The molecule has 0 aliphatic heterocycles. The molecule has 2 aromatic carbocycles. The van der Waals surface area contributed by atoms with E-state index in [1.807, 2.05) is 18.2 Å². The zero-order valence-corrected chi connectivity index (χ0v) is 10.5. The summed E-state index contributed by atoms with van der Waals surface area (Å²) in [5.74, 6) is 0.329. The van der Waals surface area contributed by atoms with Gasteiger partial charge < -0.3 is 10.4 Å². The summed E-state index contributed by atoms with van der Waals surface area (Å²) in [5.41, 5.74) is 2.62. The van der Waals surface area contributed by atoms with E-state index < -0.39 is 0 Å². The minimum Gasteiger partial charge on any atom is -0.508 e. The molecule has 0 saturated carbocycles. The van der Waals surface area contributed by atoms with Gasteiger partial charge in [-0.05, 0) is 49.2 Å². The van der Waals surface area contributed by atoms with E-state index >= 15 is 0 Å². The van der Waals surface area contributed by atoms with Gasteiger partial charge in [-0.15, -0.1) is 0 Å². The van der Waals surface area contributed by atoms with E-state index in [9.17, 15) is 5.11 Å². The van der Waals surface area contributed by atoms with Crippen LogP contribution in [-0.4, -0.2) is 18.2 Å². The molecule has 0 spiro atoms. The number of rotatable bonds is 6. The molecule has 18 heavy (non-hydrogen) atoms. The third kappa shape index (κ3) is 4.22. The molecule has 0 aromatic heterocycles. The molecule has 0 heterocycles. The molecule has 0 fully saturated rings. The SMILES string of the molecule is Oc1ccc(CCNCCc2ccccc2)cc1. The fourth-order valence-electron chi connectivity index (χ4n) is 1.90. The second-order valence-corrected chi connectivity index (χ2v) is 4.40. The summed E-state index contributed by atoms with van der Waals surface area (Å²) >= 11 is 0. The van der Waals surface area contributed by atoms with Gasteiger partial charge in [0.2, 0.25) is 0 Å². The van der Waals surface area contributed by atoms with E-state index in [0.29, 0.717) is 5.75 Å². The van der Waals surface area contributed by atoms with Crippen LogP contribution in [0.3, 0.4) is 0 Å². The topological polar surface area (TPSA) is 32.3 Å². The van der Waals surface area contributed by atoms with Crippen molar-refractivity contribution in [3.8, 4) is 5.75 Å². The molecule has 0 saturated heterocycles. The maximum Gasteiger partial charge on any atom is 0.115 e. The van der Waals surface area contributed by atoms with Crippen molar-refractivity contribution in [2.45, 2.75) is 12.8 Å². The van der Waals surface area contributed by atoms with E-state index in [2.05, 4.69) is 29.6 Å². The van der Waals surface area contributed by atoms with Crippen molar-refractivity contribution in [3.05, 3.63) is 65.7 Å². The van der Waals surface area contributed by atoms with Gasteiger partial charge in [0, 0.05) is 0 Å². The maximum atomic E-state index is 9.18. The summed E-state index contributed by atoms with van der Waals surface area (Å²) in [6.07, 6.45) is 2.06. The Morgan fingerprint density at radius 1 is 0.722 bits per heavy atom. The summed E-state index contributed by atoms with van der Waals surface area (Å²) in [4.78, 5) is 0. The molecular formula is C16H19NO. The van der Waals surface area contributed by atoms with Crippen molar-refractivity contribution in [2.75, 3.05) is 13.1 Å². The van der Waals surface area contributed by atoms with Crippen LogP contribution in [0, 0.1) is 0 Å². The van der Waals surface area contributed by atoms with Crippen LogP contribution < -0.4 is 5.32 Å². The highest BCUT2D eigenvalue weighted by molar-refractivity contribution is 5.26. The van der Waals surface area contributed by atoms with E-state index in [0.717, 1.165) is 25.9 Å². The van der Waals surface area contributed by atoms with Crippen LogP contribution in [-0.2, 0) is 12.8 Å². The molecule has 0 bridgehead atoms. The minimum atomic E-state index is 0.329. The number of hydrogen-bond acceptors (Lipinski definition) is 2. The molecule has 0 amide bonds. The third-order valence-electron chi connectivity index (χ3n) is 2.96. The first-order chi connectivity index (χ1) is 8.84. The van der Waals surface area contributed by atoms with E-state index in [1.54, 1.807) is 12.1 Å². The Morgan fingerprint density at radius 2 is 1.28 bits per heavy atom. The monoisotopic (exact) mass is 241 g/mol. The summed E-state index contributed by atoms with van der Waals surface area (Å²) in [7, 11) is 0. The summed E-state index contributed by atoms with van der Waals surface area (Å²) < 4.78 is 0. The molecule has 0 unspecified atom stereocenters. The van der Waals surface area contributed by atoms with Gasteiger partial charge in [-0.2, -0.15) is 0 Å². The smallest absolute Gasteiger partial charge is 0.115 e. The standard InChI is InChI=1S/C16H19NO/c18-16-8-6-15(7-9-16)11-13-17-12-10-14-4-2-1-3-5-14/h1-9,17-18H,10-13H2. The molecule has 94 valence electrons. The fraction of sp³-hybridized carbons (Fsp3) is 0.250. The molecule has 2 heteroatoms. The predicted octanol–water partition coefficient (Wildman–Crippen LogP) is 2.77. The lowest BCUT2D eigenvalue weighted by Gasteiger charge is -2.05. The van der Waals surface area contributed by atoms with E-state index in [4.69, 9.17) is 0 Å². The van der Waals surface area contributed by atoms with Gasteiger partial charge in [0.25, 0.3) is 0 Å². The highest BCUT2D eigenvalue weighted by Crippen LogP contribution is 2.09. The van der Waals surface area contributed by atoms with Crippen molar-refractivity contribution in [2.24, 2.45) is 0 Å². The first kappa shape index (κ1) is 12.7. The lowest BCUT2D eigenvalue weighted by atomic mass is 10.1. The average Bonchev–Trinajstić information content (AvgIpc) is 2.42. The Balaban J connectivity index is 1.63.